The number of likely N-dealkylation sites (N-methyl/N-ethyl adjacent to an activating group) is 1. The van der Waals surface area contributed by atoms with Crippen molar-refractivity contribution in [3.63, 3.8) is 0 Å². The number of hydrogen-bond donors (Lipinski definition) is 1. The van der Waals surface area contributed by atoms with Crippen LogP contribution in [0, 0.1) is 12.7 Å². The molecule has 19 heavy (non-hydrogen) atoms. The molecular formula is C14H20FNO3. The van der Waals surface area contributed by atoms with Crippen LogP contribution in [-0.4, -0.2) is 31.8 Å². The van der Waals surface area contributed by atoms with Gasteiger partial charge >= 0.3 is 5.97 Å². The molecule has 5 heteroatoms. The van der Waals surface area contributed by atoms with Crippen molar-refractivity contribution in [2.24, 2.45) is 0 Å². The number of carbonyl (C=O) groups is 1. The fraction of sp³-hybridized carbons (Fsp3) is 0.500. The van der Waals surface area contributed by atoms with E-state index < -0.39 is 6.04 Å². The van der Waals surface area contributed by atoms with Crippen LogP contribution in [0.1, 0.15) is 19.4 Å². The van der Waals surface area contributed by atoms with Gasteiger partial charge in [-0.3, -0.25) is 4.79 Å². The molecule has 0 heterocycles. The Balaban J connectivity index is 2.59. The maximum Gasteiger partial charge on any atom is 0.326 e. The number of esters is 1. The molecule has 1 rings (SSSR count). The molecule has 0 spiro atoms. The average molecular weight is 269 g/mol. The number of benzene rings is 1. The first kappa shape index (κ1) is 15.4. The second-order valence-corrected chi connectivity index (χ2v) is 4.08. The monoisotopic (exact) mass is 269 g/mol. The Kier molecular flexibility index (Phi) is 6.29. The number of aryl methyl sites for hydroxylation is 1. The molecule has 1 atom stereocenters. The maximum absolute atomic E-state index is 13.1. The highest BCUT2D eigenvalue weighted by Crippen LogP contribution is 2.16. The van der Waals surface area contributed by atoms with E-state index in [0.717, 1.165) is 0 Å². The normalized spacial score (nSPS) is 12.0. The summed E-state index contributed by atoms with van der Waals surface area (Å²) in [6, 6.07) is 3.97. The lowest BCUT2D eigenvalue weighted by Gasteiger charge is -2.17. The van der Waals surface area contributed by atoms with Gasteiger partial charge in [-0.15, -0.1) is 0 Å². The lowest BCUT2D eigenvalue weighted by Crippen LogP contribution is -2.42. The quantitative estimate of drug-likeness (QED) is 0.770. The smallest absolute Gasteiger partial charge is 0.326 e. The summed E-state index contributed by atoms with van der Waals surface area (Å²) in [4.78, 5) is 11.7. The summed E-state index contributed by atoms with van der Waals surface area (Å²) in [7, 11) is 0. The molecule has 0 radical (unpaired) electrons. The summed E-state index contributed by atoms with van der Waals surface area (Å²) in [5.74, 6) is -0.0877. The molecule has 0 saturated carbocycles. The Morgan fingerprint density at radius 2 is 2.16 bits per heavy atom. The molecular weight excluding hydrogens is 249 g/mol. The van der Waals surface area contributed by atoms with E-state index in [0.29, 0.717) is 24.5 Å². The van der Waals surface area contributed by atoms with Crippen LogP contribution >= 0.6 is 0 Å². The van der Waals surface area contributed by atoms with Gasteiger partial charge in [-0.05, 0) is 44.2 Å². The molecule has 106 valence electrons. The van der Waals surface area contributed by atoms with E-state index in [4.69, 9.17) is 9.47 Å². The van der Waals surface area contributed by atoms with Crippen molar-refractivity contribution in [3.8, 4) is 5.75 Å². The number of hydrogen-bond acceptors (Lipinski definition) is 4. The second-order valence-electron chi connectivity index (χ2n) is 4.08. The van der Waals surface area contributed by atoms with E-state index in [-0.39, 0.29) is 18.4 Å². The average Bonchev–Trinajstić information content (AvgIpc) is 2.38. The molecule has 0 aliphatic carbocycles. The SMILES string of the molecule is CCNC(COc1ccc(F)c(C)c1)C(=O)OCC. The predicted molar refractivity (Wildman–Crippen MR) is 70.7 cm³/mol. The van der Waals surface area contributed by atoms with E-state index in [9.17, 15) is 9.18 Å². The van der Waals surface area contributed by atoms with Crippen LogP contribution in [0.5, 0.6) is 5.75 Å². The molecule has 0 aliphatic rings. The Morgan fingerprint density at radius 1 is 1.42 bits per heavy atom. The van der Waals surface area contributed by atoms with Gasteiger partial charge in [-0.2, -0.15) is 0 Å². The van der Waals surface area contributed by atoms with E-state index >= 15 is 0 Å². The molecule has 1 unspecified atom stereocenters. The van der Waals surface area contributed by atoms with E-state index in [1.54, 1.807) is 19.9 Å². The van der Waals surface area contributed by atoms with Gasteiger partial charge in [0, 0.05) is 0 Å². The molecule has 0 saturated heterocycles. The molecule has 4 nitrogen and oxygen atoms in total. The van der Waals surface area contributed by atoms with Gasteiger partial charge in [0.05, 0.1) is 6.61 Å². The van der Waals surface area contributed by atoms with Crippen LogP contribution in [0.15, 0.2) is 18.2 Å². The van der Waals surface area contributed by atoms with Crippen LogP contribution in [0.3, 0.4) is 0 Å². The van der Waals surface area contributed by atoms with Gasteiger partial charge in [0.1, 0.15) is 24.2 Å². The minimum absolute atomic E-state index is 0.151. The van der Waals surface area contributed by atoms with Crippen molar-refractivity contribution >= 4 is 5.97 Å². The summed E-state index contributed by atoms with van der Waals surface area (Å²) >= 11 is 0. The summed E-state index contributed by atoms with van der Waals surface area (Å²) in [5.41, 5.74) is 0.508. The number of halogens is 1. The van der Waals surface area contributed by atoms with Gasteiger partial charge < -0.3 is 14.8 Å². The Bertz CT molecular complexity index is 423. The maximum atomic E-state index is 13.1. The summed E-state index contributed by atoms with van der Waals surface area (Å²) in [5, 5.41) is 2.99. The minimum atomic E-state index is -0.518. The van der Waals surface area contributed by atoms with Gasteiger partial charge in [0.15, 0.2) is 0 Å². The van der Waals surface area contributed by atoms with E-state index in [2.05, 4.69) is 5.32 Å². The van der Waals surface area contributed by atoms with Crippen LogP contribution in [0.25, 0.3) is 0 Å². The van der Waals surface area contributed by atoms with Crippen molar-refractivity contribution in [2.75, 3.05) is 19.8 Å². The third-order valence-corrected chi connectivity index (χ3v) is 2.57. The third-order valence-electron chi connectivity index (χ3n) is 2.57. The largest absolute Gasteiger partial charge is 0.491 e. The molecule has 1 aromatic carbocycles. The predicted octanol–water partition coefficient (Wildman–Crippen LogP) is 2.05. The summed E-state index contributed by atoms with van der Waals surface area (Å²) < 4.78 is 23.5. The fourth-order valence-corrected chi connectivity index (χ4v) is 1.59. The first-order valence-electron chi connectivity index (χ1n) is 6.37. The Labute approximate surface area is 112 Å². The molecule has 0 amide bonds. The highest BCUT2D eigenvalue weighted by Gasteiger charge is 2.19. The summed E-state index contributed by atoms with van der Waals surface area (Å²) in [6.45, 7) is 6.43. The van der Waals surface area contributed by atoms with Gasteiger partial charge in [-0.25, -0.2) is 4.39 Å². The third kappa shape index (κ3) is 4.87. The Hall–Kier alpha value is -1.62. The molecule has 0 aromatic heterocycles. The van der Waals surface area contributed by atoms with Crippen molar-refractivity contribution in [1.29, 1.82) is 0 Å². The Morgan fingerprint density at radius 3 is 2.74 bits per heavy atom. The summed E-state index contributed by atoms with van der Waals surface area (Å²) in [6.07, 6.45) is 0. The van der Waals surface area contributed by atoms with Crippen molar-refractivity contribution < 1.29 is 18.7 Å². The van der Waals surface area contributed by atoms with Crippen LogP contribution in [0.4, 0.5) is 4.39 Å². The van der Waals surface area contributed by atoms with Gasteiger partial charge in [0.25, 0.3) is 0 Å². The minimum Gasteiger partial charge on any atom is -0.491 e. The van der Waals surface area contributed by atoms with Crippen LogP contribution in [-0.2, 0) is 9.53 Å². The molecule has 0 fully saturated rings. The van der Waals surface area contributed by atoms with Gasteiger partial charge in [0.2, 0.25) is 0 Å². The van der Waals surface area contributed by atoms with E-state index in [1.807, 2.05) is 6.92 Å². The second kappa shape index (κ2) is 7.74. The number of nitrogens with one attached hydrogen (secondary N) is 1. The molecule has 1 aromatic rings. The lowest BCUT2D eigenvalue weighted by atomic mass is 10.2. The van der Waals surface area contributed by atoms with Gasteiger partial charge in [-0.1, -0.05) is 6.92 Å². The first-order valence-corrected chi connectivity index (χ1v) is 6.37. The van der Waals surface area contributed by atoms with Crippen molar-refractivity contribution in [3.05, 3.63) is 29.6 Å². The first-order chi connectivity index (χ1) is 9.08. The number of carbonyl (C=O) groups excluding carboxylic acids is 1. The zero-order chi connectivity index (χ0) is 14.3. The zero-order valence-corrected chi connectivity index (χ0v) is 11.5. The number of rotatable bonds is 7. The zero-order valence-electron chi connectivity index (χ0n) is 11.5. The molecule has 0 aliphatic heterocycles. The van der Waals surface area contributed by atoms with Crippen LogP contribution < -0.4 is 10.1 Å². The topological polar surface area (TPSA) is 47.6 Å². The highest BCUT2D eigenvalue weighted by atomic mass is 19.1. The van der Waals surface area contributed by atoms with E-state index in [1.165, 1.54) is 12.1 Å². The van der Waals surface area contributed by atoms with Crippen LogP contribution in [0.2, 0.25) is 0 Å². The van der Waals surface area contributed by atoms with Crippen molar-refractivity contribution in [1.82, 2.24) is 5.32 Å². The molecule has 0 bridgehead atoms. The highest BCUT2D eigenvalue weighted by molar-refractivity contribution is 5.76. The van der Waals surface area contributed by atoms with Crippen molar-refractivity contribution in [2.45, 2.75) is 26.8 Å². The number of ether oxygens (including phenoxy) is 2. The lowest BCUT2D eigenvalue weighted by molar-refractivity contribution is -0.146. The standard InChI is InChI=1S/C14H20FNO3/c1-4-16-13(14(17)18-5-2)9-19-11-6-7-12(15)10(3)8-11/h6-8,13,16H,4-5,9H2,1-3H3. The molecule has 1 N–H and O–H groups in total. The fourth-order valence-electron chi connectivity index (χ4n) is 1.59.